The molecule has 1 aliphatic rings. The number of hydrogen-bond acceptors (Lipinski definition) is 4. The lowest BCUT2D eigenvalue weighted by molar-refractivity contribution is -0.144. The Morgan fingerprint density at radius 2 is 2.23 bits per heavy atom. The molecule has 1 amide bonds. The highest BCUT2D eigenvalue weighted by Gasteiger charge is 2.28. The number of rotatable bonds is 5. The van der Waals surface area contributed by atoms with Crippen LogP contribution in [0.15, 0.2) is 28.9 Å². The predicted octanol–water partition coefficient (Wildman–Crippen LogP) is 2.78. The average Bonchev–Trinajstić information content (AvgIpc) is 3.01. The topological polar surface area (TPSA) is 68.5 Å². The Morgan fingerprint density at radius 3 is 2.95 bits per heavy atom. The van der Waals surface area contributed by atoms with Gasteiger partial charge in [-0.2, -0.15) is 0 Å². The molecule has 1 aromatic heterocycles. The molecule has 1 saturated carbocycles. The molecule has 1 fully saturated rings. The summed E-state index contributed by atoms with van der Waals surface area (Å²) >= 11 is 0. The lowest BCUT2D eigenvalue weighted by Crippen LogP contribution is -2.45. The van der Waals surface area contributed by atoms with E-state index in [1.165, 1.54) is 24.8 Å². The first kappa shape index (κ1) is 16.3. The van der Waals surface area contributed by atoms with Crippen LogP contribution in [-0.2, 0) is 14.3 Å². The smallest absolute Gasteiger partial charge is 0.331 e. The van der Waals surface area contributed by atoms with E-state index in [9.17, 15) is 9.59 Å². The van der Waals surface area contributed by atoms with Gasteiger partial charge in [0.15, 0.2) is 6.61 Å². The Kier molecular flexibility index (Phi) is 5.81. The van der Waals surface area contributed by atoms with Gasteiger partial charge in [0.25, 0.3) is 5.91 Å². The number of carbonyl (C=O) groups is 2. The Labute approximate surface area is 130 Å². The minimum absolute atomic E-state index is 0.175. The number of amides is 1. The van der Waals surface area contributed by atoms with E-state index in [0.29, 0.717) is 17.6 Å². The van der Waals surface area contributed by atoms with Crippen molar-refractivity contribution in [1.29, 1.82) is 0 Å². The molecule has 1 aromatic rings. The summed E-state index contributed by atoms with van der Waals surface area (Å²) in [5, 5.41) is 2.97. The van der Waals surface area contributed by atoms with Crippen LogP contribution >= 0.6 is 0 Å². The Morgan fingerprint density at radius 1 is 1.41 bits per heavy atom. The molecule has 0 spiro atoms. The molecule has 5 nitrogen and oxygen atoms in total. The lowest BCUT2D eigenvalue weighted by Gasteiger charge is -2.34. The fraction of sp³-hybridized carbons (Fsp3) is 0.529. The molecule has 1 N–H and O–H groups in total. The highest BCUT2D eigenvalue weighted by atomic mass is 16.5. The zero-order valence-corrected chi connectivity index (χ0v) is 13.1. The van der Waals surface area contributed by atoms with Gasteiger partial charge >= 0.3 is 5.97 Å². The molecule has 3 unspecified atom stereocenters. The van der Waals surface area contributed by atoms with Crippen LogP contribution in [-0.4, -0.2) is 24.5 Å². The van der Waals surface area contributed by atoms with E-state index in [1.807, 2.05) is 0 Å². The Balaban J connectivity index is 1.72. The second-order valence-electron chi connectivity index (χ2n) is 5.90. The first-order valence-corrected chi connectivity index (χ1v) is 7.74. The lowest BCUT2D eigenvalue weighted by atomic mass is 9.78. The maximum absolute atomic E-state index is 11.9. The third-order valence-corrected chi connectivity index (χ3v) is 4.33. The maximum Gasteiger partial charge on any atom is 0.331 e. The fourth-order valence-electron chi connectivity index (χ4n) is 2.76. The molecular weight excluding hydrogens is 282 g/mol. The van der Waals surface area contributed by atoms with Crippen molar-refractivity contribution < 1.29 is 18.7 Å². The zero-order chi connectivity index (χ0) is 15.9. The average molecular weight is 305 g/mol. The van der Waals surface area contributed by atoms with Crippen molar-refractivity contribution in [2.45, 2.75) is 39.2 Å². The second-order valence-corrected chi connectivity index (χ2v) is 5.90. The summed E-state index contributed by atoms with van der Waals surface area (Å²) in [5.74, 6) is 0.818. The van der Waals surface area contributed by atoms with Crippen LogP contribution in [0.4, 0.5) is 0 Å². The van der Waals surface area contributed by atoms with Crippen LogP contribution in [0, 0.1) is 11.8 Å². The van der Waals surface area contributed by atoms with Crippen LogP contribution < -0.4 is 5.32 Å². The predicted molar refractivity (Wildman–Crippen MR) is 82.8 cm³/mol. The summed E-state index contributed by atoms with van der Waals surface area (Å²) in [6, 6.07) is 3.63. The van der Waals surface area contributed by atoms with Gasteiger partial charge in [0.2, 0.25) is 0 Å². The SMILES string of the molecule is CC1CCCC(NC(=O)COC(=O)/C=C/c2ccco2)C1C. The van der Waals surface area contributed by atoms with E-state index >= 15 is 0 Å². The summed E-state index contributed by atoms with van der Waals surface area (Å²) < 4.78 is 9.98. The van der Waals surface area contributed by atoms with Crippen LogP contribution in [0.5, 0.6) is 0 Å². The largest absolute Gasteiger partial charge is 0.465 e. The molecule has 0 saturated heterocycles. The van der Waals surface area contributed by atoms with E-state index in [4.69, 9.17) is 9.15 Å². The van der Waals surface area contributed by atoms with Crippen molar-refractivity contribution in [3.8, 4) is 0 Å². The summed E-state index contributed by atoms with van der Waals surface area (Å²) in [6.45, 7) is 4.12. The number of carbonyl (C=O) groups excluding carboxylic acids is 2. The number of esters is 1. The van der Waals surface area contributed by atoms with E-state index in [0.717, 1.165) is 12.8 Å². The van der Waals surface area contributed by atoms with Gasteiger partial charge in [-0.05, 0) is 36.5 Å². The van der Waals surface area contributed by atoms with Crippen molar-refractivity contribution in [2.75, 3.05) is 6.61 Å². The zero-order valence-electron chi connectivity index (χ0n) is 13.1. The van der Waals surface area contributed by atoms with Gasteiger partial charge < -0.3 is 14.5 Å². The number of ether oxygens (including phenoxy) is 1. The third-order valence-electron chi connectivity index (χ3n) is 4.33. The Hall–Kier alpha value is -2.04. The van der Waals surface area contributed by atoms with Crippen LogP contribution in [0.25, 0.3) is 6.08 Å². The molecule has 22 heavy (non-hydrogen) atoms. The molecule has 1 aliphatic carbocycles. The van der Waals surface area contributed by atoms with Crippen LogP contribution in [0.2, 0.25) is 0 Å². The molecule has 5 heteroatoms. The molecule has 120 valence electrons. The molecule has 0 aliphatic heterocycles. The fourth-order valence-corrected chi connectivity index (χ4v) is 2.76. The van der Waals surface area contributed by atoms with Crippen molar-refractivity contribution >= 4 is 18.0 Å². The summed E-state index contributed by atoms with van der Waals surface area (Å²) in [5.41, 5.74) is 0. The van der Waals surface area contributed by atoms with E-state index in [1.54, 1.807) is 12.1 Å². The van der Waals surface area contributed by atoms with E-state index < -0.39 is 5.97 Å². The van der Waals surface area contributed by atoms with Gasteiger partial charge in [-0.1, -0.05) is 26.7 Å². The highest BCUT2D eigenvalue weighted by Crippen LogP contribution is 2.29. The quantitative estimate of drug-likeness (QED) is 0.671. The monoisotopic (exact) mass is 305 g/mol. The number of hydrogen-bond donors (Lipinski definition) is 1. The minimum atomic E-state index is -0.559. The van der Waals surface area contributed by atoms with Gasteiger partial charge in [0.05, 0.1) is 6.26 Å². The van der Waals surface area contributed by atoms with Gasteiger partial charge in [-0.15, -0.1) is 0 Å². The molecule has 1 heterocycles. The van der Waals surface area contributed by atoms with Gasteiger partial charge in [0, 0.05) is 12.1 Å². The second kappa shape index (κ2) is 7.82. The molecular formula is C17H23NO4. The summed E-state index contributed by atoms with van der Waals surface area (Å²) in [4.78, 5) is 23.4. The van der Waals surface area contributed by atoms with Gasteiger partial charge in [-0.25, -0.2) is 4.79 Å². The first-order chi connectivity index (χ1) is 10.6. The van der Waals surface area contributed by atoms with Crippen molar-refractivity contribution in [2.24, 2.45) is 11.8 Å². The first-order valence-electron chi connectivity index (χ1n) is 7.74. The van der Waals surface area contributed by atoms with Crippen LogP contribution in [0.3, 0.4) is 0 Å². The van der Waals surface area contributed by atoms with Gasteiger partial charge in [0.1, 0.15) is 5.76 Å². The third kappa shape index (κ3) is 4.76. The standard InChI is InChI=1S/C17H23NO4/c1-12-5-3-7-15(13(12)2)18-16(19)11-22-17(20)9-8-14-6-4-10-21-14/h4,6,8-10,12-13,15H,3,5,7,11H2,1-2H3,(H,18,19)/b9-8+. The minimum Gasteiger partial charge on any atom is -0.465 e. The summed E-state index contributed by atoms with van der Waals surface area (Å²) in [6.07, 6.45) is 7.60. The van der Waals surface area contributed by atoms with Crippen molar-refractivity contribution in [3.63, 3.8) is 0 Å². The molecule has 2 rings (SSSR count). The normalized spacial score (nSPS) is 25.1. The van der Waals surface area contributed by atoms with E-state index in [2.05, 4.69) is 19.2 Å². The summed E-state index contributed by atoms with van der Waals surface area (Å²) in [7, 11) is 0. The van der Waals surface area contributed by atoms with Crippen LogP contribution in [0.1, 0.15) is 38.9 Å². The van der Waals surface area contributed by atoms with Gasteiger partial charge in [-0.3, -0.25) is 4.79 Å². The Bertz CT molecular complexity index is 521. The highest BCUT2D eigenvalue weighted by molar-refractivity contribution is 5.88. The molecule has 3 atom stereocenters. The van der Waals surface area contributed by atoms with Crippen molar-refractivity contribution in [1.82, 2.24) is 5.32 Å². The van der Waals surface area contributed by atoms with E-state index in [-0.39, 0.29) is 18.6 Å². The molecule has 0 radical (unpaired) electrons. The van der Waals surface area contributed by atoms with Crippen molar-refractivity contribution in [3.05, 3.63) is 30.2 Å². The molecule has 0 bridgehead atoms. The molecule has 0 aromatic carbocycles. The number of nitrogens with one attached hydrogen (secondary N) is 1. The maximum atomic E-state index is 11.9. The number of furan rings is 1.